The Balaban J connectivity index is 1.61. The lowest BCUT2D eigenvalue weighted by Crippen LogP contribution is -2.57. The number of aliphatic carboxylic acids is 1. The Hall–Kier alpha value is -0.610. The van der Waals surface area contributed by atoms with E-state index in [9.17, 15) is 4.79 Å². The van der Waals surface area contributed by atoms with E-state index in [1.807, 2.05) is 0 Å². The van der Waals surface area contributed by atoms with Crippen LogP contribution in [0.1, 0.15) is 44.9 Å². The Morgan fingerprint density at radius 2 is 2.25 bits per heavy atom. The van der Waals surface area contributed by atoms with Gasteiger partial charge in [0.15, 0.2) is 0 Å². The molecule has 2 aliphatic rings. The zero-order chi connectivity index (χ0) is 11.4. The maximum absolute atomic E-state index is 11.1. The molecule has 0 bridgehead atoms. The summed E-state index contributed by atoms with van der Waals surface area (Å²) in [4.78, 5) is 11.1. The van der Waals surface area contributed by atoms with Crippen molar-refractivity contribution >= 4 is 5.97 Å². The van der Waals surface area contributed by atoms with E-state index in [1.54, 1.807) is 0 Å². The van der Waals surface area contributed by atoms with Gasteiger partial charge in [-0.15, -0.1) is 0 Å². The number of nitrogens with one attached hydrogen (secondary N) is 1. The van der Waals surface area contributed by atoms with Crippen molar-refractivity contribution in [3.8, 4) is 0 Å². The monoisotopic (exact) mass is 227 g/mol. The molecule has 92 valence electrons. The van der Waals surface area contributed by atoms with E-state index in [1.165, 1.54) is 12.8 Å². The minimum absolute atomic E-state index is 0.420. The quantitative estimate of drug-likeness (QED) is 0.676. The fraction of sp³-hybridized carbons (Fsp3) is 0.917. The SMILES string of the molecule is O=C(O)C1(NCCCC2CCCO2)CCC1. The predicted octanol–water partition coefficient (Wildman–Crippen LogP) is 1.54. The molecule has 1 aliphatic carbocycles. The standard InChI is InChI=1S/C12H21NO3/c14-11(15)12(6-3-7-12)13-8-1-4-10-5-2-9-16-10/h10,13H,1-9H2,(H,14,15). The molecule has 1 saturated carbocycles. The van der Waals surface area contributed by atoms with E-state index >= 15 is 0 Å². The zero-order valence-electron chi connectivity index (χ0n) is 9.71. The van der Waals surface area contributed by atoms with Crippen molar-refractivity contribution in [2.24, 2.45) is 0 Å². The van der Waals surface area contributed by atoms with Gasteiger partial charge in [0, 0.05) is 6.61 Å². The predicted molar refractivity (Wildman–Crippen MR) is 60.4 cm³/mol. The molecular formula is C12H21NO3. The van der Waals surface area contributed by atoms with Crippen LogP contribution in [0.5, 0.6) is 0 Å². The van der Waals surface area contributed by atoms with E-state index in [-0.39, 0.29) is 0 Å². The maximum Gasteiger partial charge on any atom is 0.323 e. The van der Waals surface area contributed by atoms with Crippen LogP contribution in [-0.2, 0) is 9.53 Å². The van der Waals surface area contributed by atoms with Crippen molar-refractivity contribution in [1.29, 1.82) is 0 Å². The first-order valence-electron chi connectivity index (χ1n) is 6.33. The van der Waals surface area contributed by atoms with Crippen LogP contribution < -0.4 is 5.32 Å². The number of hydrogen-bond acceptors (Lipinski definition) is 3. The second-order valence-corrected chi connectivity index (χ2v) is 4.94. The summed E-state index contributed by atoms with van der Waals surface area (Å²) >= 11 is 0. The summed E-state index contributed by atoms with van der Waals surface area (Å²) < 4.78 is 5.53. The van der Waals surface area contributed by atoms with Crippen molar-refractivity contribution in [2.75, 3.05) is 13.2 Å². The van der Waals surface area contributed by atoms with Crippen LogP contribution in [0.15, 0.2) is 0 Å². The van der Waals surface area contributed by atoms with Gasteiger partial charge in [0.1, 0.15) is 5.54 Å². The van der Waals surface area contributed by atoms with Gasteiger partial charge in [-0.1, -0.05) is 0 Å². The summed E-state index contributed by atoms with van der Waals surface area (Å²) in [6.45, 7) is 1.70. The summed E-state index contributed by atoms with van der Waals surface area (Å²) in [6, 6.07) is 0. The minimum atomic E-state index is -0.684. The van der Waals surface area contributed by atoms with Gasteiger partial charge in [0.2, 0.25) is 0 Å². The van der Waals surface area contributed by atoms with E-state index in [0.717, 1.165) is 45.3 Å². The van der Waals surface area contributed by atoms with Gasteiger partial charge in [-0.25, -0.2) is 0 Å². The van der Waals surface area contributed by atoms with Gasteiger partial charge in [0.25, 0.3) is 0 Å². The summed E-state index contributed by atoms with van der Waals surface area (Å²) in [5.74, 6) is -0.684. The molecule has 2 N–H and O–H groups in total. The van der Waals surface area contributed by atoms with Crippen LogP contribution in [-0.4, -0.2) is 35.9 Å². The van der Waals surface area contributed by atoms with Crippen molar-refractivity contribution in [3.63, 3.8) is 0 Å². The van der Waals surface area contributed by atoms with Gasteiger partial charge in [-0.05, 0) is 51.5 Å². The molecule has 0 aromatic carbocycles. The first-order chi connectivity index (χ1) is 7.73. The van der Waals surface area contributed by atoms with Crippen LogP contribution in [0, 0.1) is 0 Å². The van der Waals surface area contributed by atoms with Gasteiger partial charge in [-0.3, -0.25) is 4.79 Å². The van der Waals surface area contributed by atoms with Crippen LogP contribution in [0.25, 0.3) is 0 Å². The Bertz CT molecular complexity index is 245. The highest BCUT2D eigenvalue weighted by Crippen LogP contribution is 2.32. The normalized spacial score (nSPS) is 27.6. The molecule has 2 fully saturated rings. The van der Waals surface area contributed by atoms with Crippen LogP contribution in [0.4, 0.5) is 0 Å². The summed E-state index contributed by atoms with van der Waals surface area (Å²) in [5.41, 5.74) is -0.601. The fourth-order valence-corrected chi connectivity index (χ4v) is 2.53. The van der Waals surface area contributed by atoms with Gasteiger partial charge < -0.3 is 15.2 Å². The third-order valence-electron chi connectivity index (χ3n) is 3.81. The average molecular weight is 227 g/mol. The molecule has 1 unspecified atom stereocenters. The highest BCUT2D eigenvalue weighted by Gasteiger charge is 2.43. The number of carbonyl (C=O) groups is 1. The molecule has 0 aromatic heterocycles. The number of carboxylic acids is 1. The van der Waals surface area contributed by atoms with Crippen LogP contribution in [0.3, 0.4) is 0 Å². The lowest BCUT2D eigenvalue weighted by Gasteiger charge is -2.38. The molecule has 1 saturated heterocycles. The number of rotatable bonds is 6. The lowest BCUT2D eigenvalue weighted by atomic mass is 9.77. The molecule has 2 rings (SSSR count). The Morgan fingerprint density at radius 1 is 1.44 bits per heavy atom. The molecule has 4 nitrogen and oxygen atoms in total. The Morgan fingerprint density at radius 3 is 2.75 bits per heavy atom. The van der Waals surface area contributed by atoms with Gasteiger partial charge in [-0.2, -0.15) is 0 Å². The molecule has 16 heavy (non-hydrogen) atoms. The van der Waals surface area contributed by atoms with Crippen LogP contribution >= 0.6 is 0 Å². The lowest BCUT2D eigenvalue weighted by molar-refractivity contribution is -0.148. The van der Waals surface area contributed by atoms with E-state index in [4.69, 9.17) is 9.84 Å². The van der Waals surface area contributed by atoms with Gasteiger partial charge in [0.05, 0.1) is 6.10 Å². The van der Waals surface area contributed by atoms with Crippen molar-refractivity contribution in [3.05, 3.63) is 0 Å². The molecule has 0 aromatic rings. The fourth-order valence-electron chi connectivity index (χ4n) is 2.53. The van der Waals surface area contributed by atoms with Gasteiger partial charge >= 0.3 is 5.97 Å². The molecule has 4 heteroatoms. The van der Waals surface area contributed by atoms with Crippen LogP contribution in [0.2, 0.25) is 0 Å². The summed E-state index contributed by atoms with van der Waals surface area (Å²) in [5, 5.41) is 12.3. The number of carboxylic acid groups (broad SMARTS) is 1. The van der Waals surface area contributed by atoms with Crippen molar-refractivity contribution in [2.45, 2.75) is 56.6 Å². The first kappa shape index (κ1) is 11.9. The Kier molecular flexibility index (Phi) is 3.82. The molecular weight excluding hydrogens is 206 g/mol. The molecule has 0 amide bonds. The molecule has 0 spiro atoms. The topological polar surface area (TPSA) is 58.6 Å². The first-order valence-corrected chi connectivity index (χ1v) is 6.33. The second kappa shape index (κ2) is 5.15. The Labute approximate surface area is 96.4 Å². The summed E-state index contributed by atoms with van der Waals surface area (Å²) in [7, 11) is 0. The third kappa shape index (κ3) is 2.55. The van der Waals surface area contributed by atoms with E-state index in [2.05, 4.69) is 5.32 Å². The highest BCUT2D eigenvalue weighted by atomic mass is 16.5. The average Bonchev–Trinajstić information content (AvgIpc) is 2.67. The third-order valence-corrected chi connectivity index (χ3v) is 3.81. The zero-order valence-corrected chi connectivity index (χ0v) is 9.71. The summed E-state index contributed by atoms with van der Waals surface area (Å²) in [6.07, 6.45) is 7.43. The largest absolute Gasteiger partial charge is 0.480 e. The number of hydrogen-bond donors (Lipinski definition) is 2. The van der Waals surface area contributed by atoms with Crippen molar-refractivity contribution in [1.82, 2.24) is 5.32 Å². The smallest absolute Gasteiger partial charge is 0.323 e. The van der Waals surface area contributed by atoms with E-state index < -0.39 is 11.5 Å². The molecule has 0 radical (unpaired) electrons. The molecule has 1 atom stereocenters. The molecule has 1 heterocycles. The van der Waals surface area contributed by atoms with Crippen molar-refractivity contribution < 1.29 is 14.6 Å². The number of ether oxygens (including phenoxy) is 1. The van der Waals surface area contributed by atoms with E-state index in [0.29, 0.717) is 6.10 Å². The molecule has 1 aliphatic heterocycles. The highest BCUT2D eigenvalue weighted by molar-refractivity contribution is 5.79. The maximum atomic E-state index is 11.1. The second-order valence-electron chi connectivity index (χ2n) is 4.94. The minimum Gasteiger partial charge on any atom is -0.480 e.